The van der Waals surface area contributed by atoms with Gasteiger partial charge in [0.05, 0.1) is 6.10 Å². The number of rotatable bonds is 9. The zero-order valence-corrected chi connectivity index (χ0v) is 18.6. The first-order chi connectivity index (χ1) is 12.3. The summed E-state index contributed by atoms with van der Waals surface area (Å²) >= 11 is 0. The van der Waals surface area contributed by atoms with Crippen LogP contribution >= 0.6 is 24.0 Å². The summed E-state index contributed by atoms with van der Waals surface area (Å²) in [5.41, 5.74) is 0. The molecule has 2 rings (SSSR count). The Bertz CT molecular complexity index is 395. The normalized spacial score (nSPS) is 20.4. The molecular weight excluding hydrogens is 443 g/mol. The molecule has 2 saturated heterocycles. The number of halogens is 1. The number of nitrogens with one attached hydrogen (secondary N) is 2. The van der Waals surface area contributed by atoms with E-state index in [4.69, 9.17) is 14.5 Å². The highest BCUT2D eigenvalue weighted by atomic mass is 127. The van der Waals surface area contributed by atoms with Gasteiger partial charge in [0, 0.05) is 58.6 Å². The van der Waals surface area contributed by atoms with Crippen molar-refractivity contribution in [3.05, 3.63) is 12.7 Å². The van der Waals surface area contributed by atoms with Crippen LogP contribution in [0.4, 0.5) is 0 Å². The molecule has 0 amide bonds. The first-order valence-electron chi connectivity index (χ1n) is 9.89. The molecule has 2 N–H and O–H groups in total. The summed E-state index contributed by atoms with van der Waals surface area (Å²) < 4.78 is 11.3. The number of hydrogen-bond donors (Lipinski definition) is 2. The van der Waals surface area contributed by atoms with E-state index in [1.165, 1.54) is 0 Å². The molecule has 0 aliphatic carbocycles. The van der Waals surface area contributed by atoms with E-state index in [1.54, 1.807) is 0 Å². The van der Waals surface area contributed by atoms with Crippen LogP contribution in [0.5, 0.6) is 0 Å². The summed E-state index contributed by atoms with van der Waals surface area (Å²) in [7, 11) is 0. The molecule has 0 aromatic rings. The summed E-state index contributed by atoms with van der Waals surface area (Å²) in [6.45, 7) is 13.3. The van der Waals surface area contributed by atoms with E-state index in [-0.39, 0.29) is 24.0 Å². The lowest BCUT2D eigenvalue weighted by Crippen LogP contribution is -2.48. The van der Waals surface area contributed by atoms with Gasteiger partial charge in [-0.25, -0.2) is 0 Å². The largest absolute Gasteiger partial charge is 0.381 e. The van der Waals surface area contributed by atoms with Crippen molar-refractivity contribution >= 4 is 29.9 Å². The lowest BCUT2D eigenvalue weighted by atomic mass is 10.1. The summed E-state index contributed by atoms with van der Waals surface area (Å²) in [4.78, 5) is 7.15. The first-order valence-corrected chi connectivity index (χ1v) is 9.89. The number of ether oxygens (including phenoxy) is 2. The van der Waals surface area contributed by atoms with Crippen LogP contribution < -0.4 is 10.6 Å². The average Bonchev–Trinajstić information content (AvgIpc) is 2.64. The van der Waals surface area contributed by atoms with Crippen LogP contribution in [0.1, 0.15) is 39.0 Å². The molecule has 152 valence electrons. The standard InChI is InChI=1S/C19H36N4O2.HI/c1-3-11-23-12-6-17(7-13-23)22-19(20-4-2)21-10-5-14-25-18-8-15-24-16-9-18;/h3,17-18H,1,4-16H2,2H3,(H2,20,21,22);1H. The first kappa shape index (κ1) is 23.7. The highest BCUT2D eigenvalue weighted by Crippen LogP contribution is 2.11. The van der Waals surface area contributed by atoms with Crippen LogP contribution in [-0.4, -0.2) is 75.5 Å². The van der Waals surface area contributed by atoms with E-state index >= 15 is 0 Å². The van der Waals surface area contributed by atoms with Crippen molar-refractivity contribution in [1.82, 2.24) is 15.5 Å². The minimum Gasteiger partial charge on any atom is -0.381 e. The van der Waals surface area contributed by atoms with Gasteiger partial charge in [-0.2, -0.15) is 0 Å². The number of likely N-dealkylation sites (tertiary alicyclic amines) is 1. The molecule has 7 heteroatoms. The fourth-order valence-corrected chi connectivity index (χ4v) is 3.30. The van der Waals surface area contributed by atoms with Crippen molar-refractivity contribution in [2.45, 2.75) is 51.2 Å². The van der Waals surface area contributed by atoms with Crippen LogP contribution in [0.15, 0.2) is 17.6 Å². The Hall–Kier alpha value is -0.380. The van der Waals surface area contributed by atoms with E-state index in [2.05, 4.69) is 29.0 Å². The fourth-order valence-electron chi connectivity index (χ4n) is 3.30. The SMILES string of the molecule is C=CCN1CCC(NC(=NCCCOC2CCOCC2)NCC)CC1.I. The maximum absolute atomic E-state index is 5.91. The third-order valence-electron chi connectivity index (χ3n) is 4.75. The van der Waals surface area contributed by atoms with Crippen LogP contribution in [0.3, 0.4) is 0 Å². The maximum atomic E-state index is 5.91. The predicted molar refractivity (Wildman–Crippen MR) is 119 cm³/mol. The van der Waals surface area contributed by atoms with Gasteiger partial charge in [-0.15, -0.1) is 30.6 Å². The van der Waals surface area contributed by atoms with E-state index in [0.29, 0.717) is 12.1 Å². The Labute approximate surface area is 176 Å². The maximum Gasteiger partial charge on any atom is 0.191 e. The van der Waals surface area contributed by atoms with Gasteiger partial charge in [0.2, 0.25) is 0 Å². The molecule has 2 heterocycles. The van der Waals surface area contributed by atoms with Gasteiger partial charge >= 0.3 is 0 Å². The van der Waals surface area contributed by atoms with Crippen molar-refractivity contribution in [2.24, 2.45) is 4.99 Å². The fraction of sp³-hybridized carbons (Fsp3) is 0.842. The Morgan fingerprint density at radius 2 is 2.00 bits per heavy atom. The molecule has 0 atom stereocenters. The molecule has 26 heavy (non-hydrogen) atoms. The quantitative estimate of drug-likeness (QED) is 0.175. The lowest BCUT2D eigenvalue weighted by molar-refractivity contribution is -0.0318. The monoisotopic (exact) mass is 480 g/mol. The van der Waals surface area contributed by atoms with Gasteiger partial charge in [-0.3, -0.25) is 9.89 Å². The molecular formula is C19H37IN4O2. The van der Waals surface area contributed by atoms with Crippen LogP contribution in [0.25, 0.3) is 0 Å². The molecule has 0 radical (unpaired) electrons. The van der Waals surface area contributed by atoms with Crippen LogP contribution in [0, 0.1) is 0 Å². The zero-order valence-electron chi connectivity index (χ0n) is 16.3. The smallest absolute Gasteiger partial charge is 0.191 e. The molecule has 0 aromatic carbocycles. The van der Waals surface area contributed by atoms with E-state index in [0.717, 1.165) is 90.6 Å². The Balaban J connectivity index is 0.00000338. The molecule has 0 aromatic heterocycles. The third-order valence-corrected chi connectivity index (χ3v) is 4.75. The summed E-state index contributed by atoms with van der Waals surface area (Å²) in [6, 6.07) is 0.511. The second kappa shape index (κ2) is 14.6. The van der Waals surface area contributed by atoms with Gasteiger partial charge in [-0.05, 0) is 39.0 Å². The average molecular weight is 480 g/mol. The van der Waals surface area contributed by atoms with Gasteiger partial charge in [0.15, 0.2) is 5.96 Å². The van der Waals surface area contributed by atoms with E-state index in [9.17, 15) is 0 Å². The molecule has 6 nitrogen and oxygen atoms in total. The molecule has 0 unspecified atom stereocenters. The molecule has 0 bridgehead atoms. The second-order valence-corrected chi connectivity index (χ2v) is 6.80. The highest BCUT2D eigenvalue weighted by molar-refractivity contribution is 14.0. The Morgan fingerprint density at radius 1 is 1.27 bits per heavy atom. The Kier molecular flexibility index (Phi) is 13.3. The van der Waals surface area contributed by atoms with Crippen molar-refractivity contribution in [2.75, 3.05) is 52.5 Å². The minimum atomic E-state index is 0. The number of guanidine groups is 1. The molecule has 2 aliphatic heterocycles. The van der Waals surface area contributed by atoms with Crippen LogP contribution in [-0.2, 0) is 9.47 Å². The van der Waals surface area contributed by atoms with E-state index in [1.807, 2.05) is 6.08 Å². The second-order valence-electron chi connectivity index (χ2n) is 6.80. The molecule has 0 saturated carbocycles. The number of hydrogen-bond acceptors (Lipinski definition) is 4. The summed E-state index contributed by atoms with van der Waals surface area (Å²) in [5, 5.41) is 6.95. The Morgan fingerprint density at radius 3 is 2.65 bits per heavy atom. The molecule has 2 aliphatic rings. The predicted octanol–water partition coefficient (Wildman–Crippen LogP) is 2.40. The third kappa shape index (κ3) is 9.53. The van der Waals surface area contributed by atoms with Crippen molar-refractivity contribution in [1.29, 1.82) is 0 Å². The summed E-state index contributed by atoms with van der Waals surface area (Å²) in [6.07, 6.45) is 7.70. The van der Waals surface area contributed by atoms with Crippen molar-refractivity contribution < 1.29 is 9.47 Å². The molecule has 2 fully saturated rings. The van der Waals surface area contributed by atoms with Gasteiger partial charge in [0.25, 0.3) is 0 Å². The van der Waals surface area contributed by atoms with Crippen molar-refractivity contribution in [3.8, 4) is 0 Å². The number of nitrogens with zero attached hydrogens (tertiary/aromatic N) is 2. The van der Waals surface area contributed by atoms with Gasteiger partial charge in [0.1, 0.15) is 0 Å². The molecule has 0 spiro atoms. The van der Waals surface area contributed by atoms with Gasteiger partial charge in [-0.1, -0.05) is 6.08 Å². The summed E-state index contributed by atoms with van der Waals surface area (Å²) in [5.74, 6) is 0.940. The van der Waals surface area contributed by atoms with E-state index < -0.39 is 0 Å². The minimum absolute atomic E-state index is 0. The van der Waals surface area contributed by atoms with Crippen LogP contribution in [0.2, 0.25) is 0 Å². The highest BCUT2D eigenvalue weighted by Gasteiger charge is 2.19. The van der Waals surface area contributed by atoms with Crippen molar-refractivity contribution in [3.63, 3.8) is 0 Å². The zero-order chi connectivity index (χ0) is 17.7. The lowest BCUT2D eigenvalue weighted by Gasteiger charge is -2.32. The number of aliphatic imine (C=N–C) groups is 1. The number of piperidine rings is 1. The van der Waals surface area contributed by atoms with Gasteiger partial charge < -0.3 is 20.1 Å². The topological polar surface area (TPSA) is 58.1 Å².